The van der Waals surface area contributed by atoms with Gasteiger partial charge in [-0.3, -0.25) is 0 Å². The summed E-state index contributed by atoms with van der Waals surface area (Å²) in [5, 5.41) is 0. The Bertz CT molecular complexity index is 715. The number of hydrogen-bond donors (Lipinski definition) is 0. The predicted molar refractivity (Wildman–Crippen MR) is 82.5 cm³/mol. The number of nitrogens with zero attached hydrogens (tertiary/aromatic N) is 3. The number of anilines is 3. The lowest BCUT2D eigenvalue weighted by Crippen LogP contribution is -2.48. The molecule has 108 valence electrons. The molecule has 4 heteroatoms. The molecule has 4 rings (SSSR count). The van der Waals surface area contributed by atoms with Crippen LogP contribution in [0.25, 0.3) is 0 Å². The maximum Gasteiger partial charge on any atom is 0.153 e. The molecule has 3 nitrogen and oxygen atoms in total. The van der Waals surface area contributed by atoms with Crippen LogP contribution >= 0.6 is 0 Å². The van der Waals surface area contributed by atoms with Crippen LogP contribution in [0.5, 0.6) is 0 Å². The summed E-state index contributed by atoms with van der Waals surface area (Å²) in [6.07, 6.45) is 2.07. The van der Waals surface area contributed by atoms with Crippen molar-refractivity contribution in [2.45, 2.75) is 25.9 Å². The number of rotatable bonds is 0. The fourth-order valence-corrected chi connectivity index (χ4v) is 3.80. The first-order chi connectivity index (χ1) is 10.1. The fourth-order valence-electron chi connectivity index (χ4n) is 3.80. The van der Waals surface area contributed by atoms with Gasteiger partial charge in [-0.1, -0.05) is 13.8 Å². The molecule has 2 aliphatic heterocycles. The van der Waals surface area contributed by atoms with Crippen molar-refractivity contribution in [3.63, 3.8) is 0 Å². The maximum atomic E-state index is 13.7. The molecule has 0 radical (unpaired) electrons. The minimum atomic E-state index is -0.162. The monoisotopic (exact) mass is 283 g/mol. The van der Waals surface area contributed by atoms with E-state index in [0.29, 0.717) is 11.8 Å². The molecule has 1 aromatic carbocycles. The van der Waals surface area contributed by atoms with Crippen molar-refractivity contribution < 1.29 is 4.39 Å². The Labute approximate surface area is 124 Å². The topological polar surface area (TPSA) is 19.4 Å². The largest absolute Gasteiger partial charge is 0.337 e. The fraction of sp³-hybridized carbons (Fsp3) is 0.353. The Balaban J connectivity index is 1.98. The number of halogens is 1. The van der Waals surface area contributed by atoms with Gasteiger partial charge in [0.25, 0.3) is 0 Å². The molecule has 3 heterocycles. The molecule has 0 fully saturated rings. The van der Waals surface area contributed by atoms with Crippen molar-refractivity contribution in [2.75, 3.05) is 16.8 Å². The highest BCUT2D eigenvalue weighted by atomic mass is 19.1. The third-order valence-electron chi connectivity index (χ3n) is 5.02. The molecule has 0 spiro atoms. The van der Waals surface area contributed by atoms with Gasteiger partial charge < -0.3 is 9.80 Å². The zero-order valence-electron chi connectivity index (χ0n) is 12.4. The normalized spacial score (nSPS) is 26.4. The molecule has 0 bridgehead atoms. The maximum absolute atomic E-state index is 13.7. The van der Waals surface area contributed by atoms with E-state index in [9.17, 15) is 4.39 Å². The van der Waals surface area contributed by atoms with Gasteiger partial charge in [0.15, 0.2) is 5.82 Å². The molecule has 0 amide bonds. The molecule has 0 saturated heterocycles. The molecular weight excluding hydrogens is 265 g/mol. The van der Waals surface area contributed by atoms with Crippen molar-refractivity contribution in [3.05, 3.63) is 47.9 Å². The van der Waals surface area contributed by atoms with Crippen LogP contribution in [0.3, 0.4) is 0 Å². The van der Waals surface area contributed by atoms with Gasteiger partial charge in [0.05, 0.1) is 5.69 Å². The standard InChI is InChI=1S/C17H18FN3/c1-10-11(2)17-20(3)16-15(5-4-8-19-16)21(17)14-7-6-12(18)9-13(10)14/h4-11,17H,1-3H3. The van der Waals surface area contributed by atoms with E-state index in [0.717, 1.165) is 22.8 Å². The van der Waals surface area contributed by atoms with E-state index in [1.54, 1.807) is 12.1 Å². The number of benzene rings is 1. The summed E-state index contributed by atoms with van der Waals surface area (Å²) < 4.78 is 13.7. The van der Waals surface area contributed by atoms with E-state index < -0.39 is 0 Å². The summed E-state index contributed by atoms with van der Waals surface area (Å²) in [5.41, 5.74) is 3.30. The lowest BCUT2D eigenvalue weighted by atomic mass is 9.81. The van der Waals surface area contributed by atoms with Crippen LogP contribution in [-0.2, 0) is 0 Å². The number of hydrogen-bond acceptors (Lipinski definition) is 3. The summed E-state index contributed by atoms with van der Waals surface area (Å²) in [6.45, 7) is 4.42. The molecule has 3 atom stereocenters. The quantitative estimate of drug-likeness (QED) is 0.731. The second-order valence-electron chi connectivity index (χ2n) is 6.09. The highest BCUT2D eigenvalue weighted by Gasteiger charge is 2.45. The molecule has 2 aromatic rings. The lowest BCUT2D eigenvalue weighted by Gasteiger charge is -2.43. The summed E-state index contributed by atoms with van der Waals surface area (Å²) >= 11 is 0. The van der Waals surface area contributed by atoms with Crippen molar-refractivity contribution in [3.8, 4) is 0 Å². The zero-order chi connectivity index (χ0) is 14.7. The Morgan fingerprint density at radius 1 is 1.14 bits per heavy atom. The molecule has 3 unspecified atom stereocenters. The molecule has 0 saturated carbocycles. The highest BCUT2D eigenvalue weighted by molar-refractivity contribution is 5.83. The van der Waals surface area contributed by atoms with Crippen LogP contribution in [0.2, 0.25) is 0 Å². The average Bonchev–Trinajstić information content (AvgIpc) is 2.79. The van der Waals surface area contributed by atoms with Crippen molar-refractivity contribution in [1.29, 1.82) is 0 Å². The van der Waals surface area contributed by atoms with Gasteiger partial charge in [-0.25, -0.2) is 9.37 Å². The zero-order valence-corrected chi connectivity index (χ0v) is 12.4. The minimum absolute atomic E-state index is 0.162. The number of fused-ring (bicyclic) bond motifs is 5. The van der Waals surface area contributed by atoms with Gasteiger partial charge >= 0.3 is 0 Å². The van der Waals surface area contributed by atoms with Gasteiger partial charge in [0, 0.05) is 24.8 Å². The molecular formula is C17H18FN3. The van der Waals surface area contributed by atoms with Crippen LogP contribution in [0.4, 0.5) is 21.6 Å². The van der Waals surface area contributed by atoms with Gasteiger partial charge in [-0.05, 0) is 41.8 Å². The van der Waals surface area contributed by atoms with Crippen LogP contribution in [0.15, 0.2) is 36.5 Å². The van der Waals surface area contributed by atoms with Crippen molar-refractivity contribution >= 4 is 17.2 Å². The summed E-state index contributed by atoms with van der Waals surface area (Å²) in [6, 6.07) is 9.18. The van der Waals surface area contributed by atoms with Gasteiger partial charge in [0.1, 0.15) is 12.0 Å². The van der Waals surface area contributed by atoms with Gasteiger partial charge in [-0.2, -0.15) is 0 Å². The van der Waals surface area contributed by atoms with Gasteiger partial charge in [-0.15, -0.1) is 0 Å². The van der Waals surface area contributed by atoms with Crippen LogP contribution < -0.4 is 9.80 Å². The molecule has 1 aromatic heterocycles. The smallest absolute Gasteiger partial charge is 0.153 e. The summed E-state index contributed by atoms with van der Waals surface area (Å²) in [5.74, 6) is 1.54. The molecule has 2 aliphatic rings. The first-order valence-corrected chi connectivity index (χ1v) is 7.36. The number of pyridine rings is 1. The van der Waals surface area contributed by atoms with E-state index in [1.165, 1.54) is 0 Å². The Hall–Kier alpha value is -2.10. The Kier molecular flexibility index (Phi) is 2.52. The van der Waals surface area contributed by atoms with Crippen LogP contribution in [0.1, 0.15) is 25.3 Å². The van der Waals surface area contributed by atoms with E-state index in [2.05, 4.69) is 41.7 Å². The molecule has 0 aliphatic carbocycles. The van der Waals surface area contributed by atoms with Crippen LogP contribution in [-0.4, -0.2) is 18.2 Å². The predicted octanol–water partition coefficient (Wildman–Crippen LogP) is 3.89. The average molecular weight is 283 g/mol. The third kappa shape index (κ3) is 1.56. The van der Waals surface area contributed by atoms with E-state index in [-0.39, 0.29) is 12.0 Å². The minimum Gasteiger partial charge on any atom is -0.337 e. The summed E-state index contributed by atoms with van der Waals surface area (Å²) in [4.78, 5) is 9.07. The Morgan fingerprint density at radius 3 is 2.76 bits per heavy atom. The molecule has 0 N–H and O–H groups in total. The summed E-state index contributed by atoms with van der Waals surface area (Å²) in [7, 11) is 2.09. The third-order valence-corrected chi connectivity index (χ3v) is 5.02. The van der Waals surface area contributed by atoms with Crippen molar-refractivity contribution in [1.82, 2.24) is 4.98 Å². The lowest BCUT2D eigenvalue weighted by molar-refractivity contribution is 0.378. The van der Waals surface area contributed by atoms with Crippen molar-refractivity contribution in [2.24, 2.45) is 5.92 Å². The second-order valence-corrected chi connectivity index (χ2v) is 6.09. The van der Waals surface area contributed by atoms with E-state index >= 15 is 0 Å². The SMILES string of the molecule is CC1c2cc(F)ccc2N2c3cccnc3N(C)C2C1C. The second kappa shape index (κ2) is 4.20. The Morgan fingerprint density at radius 2 is 1.95 bits per heavy atom. The molecule has 21 heavy (non-hydrogen) atoms. The van der Waals surface area contributed by atoms with E-state index in [4.69, 9.17) is 0 Å². The van der Waals surface area contributed by atoms with E-state index in [1.807, 2.05) is 18.3 Å². The van der Waals surface area contributed by atoms with Crippen LogP contribution in [0, 0.1) is 11.7 Å². The first-order valence-electron chi connectivity index (χ1n) is 7.36. The number of aromatic nitrogens is 1. The highest BCUT2D eigenvalue weighted by Crippen LogP contribution is 2.52. The first kappa shape index (κ1) is 12.6. The van der Waals surface area contributed by atoms with Gasteiger partial charge in [0.2, 0.25) is 0 Å².